The minimum absolute atomic E-state index is 0.345. The lowest BCUT2D eigenvalue weighted by atomic mass is 9.77. The molecule has 0 radical (unpaired) electrons. The average Bonchev–Trinajstić information content (AvgIpc) is 2.63. The summed E-state index contributed by atoms with van der Waals surface area (Å²) in [5, 5.41) is 8.49. The fourth-order valence-corrected chi connectivity index (χ4v) is 4.11. The molecule has 27 heavy (non-hydrogen) atoms. The van der Waals surface area contributed by atoms with E-state index in [-0.39, 0.29) is 0 Å². The predicted molar refractivity (Wildman–Crippen MR) is 119 cm³/mol. The van der Waals surface area contributed by atoms with E-state index in [4.69, 9.17) is 5.11 Å². The van der Waals surface area contributed by atoms with Crippen LogP contribution >= 0.6 is 0 Å². The molecule has 3 atom stereocenters. The molecule has 1 aliphatic rings. The fourth-order valence-electron chi connectivity index (χ4n) is 4.11. The Hall–Kier alpha value is -0.530. The Morgan fingerprint density at radius 3 is 1.52 bits per heavy atom. The highest BCUT2D eigenvalue weighted by atomic mass is 16.4. The molecule has 1 saturated carbocycles. The molecule has 0 aliphatic heterocycles. The van der Waals surface area contributed by atoms with Crippen molar-refractivity contribution in [2.45, 2.75) is 137 Å². The molecule has 0 aromatic heterocycles. The van der Waals surface area contributed by atoms with Gasteiger partial charge >= 0.3 is 5.97 Å². The summed E-state index contributed by atoms with van der Waals surface area (Å²) in [4.78, 5) is 10.3. The van der Waals surface area contributed by atoms with Crippen LogP contribution < -0.4 is 0 Å². The Kier molecular flexibility index (Phi) is 18.4. The van der Waals surface area contributed by atoms with Crippen LogP contribution in [0.2, 0.25) is 0 Å². The largest absolute Gasteiger partial charge is 0.481 e. The molecule has 1 fully saturated rings. The first-order valence-electron chi connectivity index (χ1n) is 12.2. The van der Waals surface area contributed by atoms with Crippen LogP contribution in [0, 0.1) is 17.8 Å². The highest BCUT2D eigenvalue weighted by Gasteiger charge is 2.20. The maximum atomic E-state index is 10.3. The molecule has 1 rings (SSSR count). The van der Waals surface area contributed by atoms with E-state index in [0.29, 0.717) is 6.42 Å². The minimum atomic E-state index is -0.655. The smallest absolute Gasteiger partial charge is 0.303 e. The highest BCUT2D eigenvalue weighted by Crippen LogP contribution is 2.32. The maximum Gasteiger partial charge on any atom is 0.303 e. The van der Waals surface area contributed by atoms with E-state index >= 15 is 0 Å². The minimum Gasteiger partial charge on any atom is -0.481 e. The van der Waals surface area contributed by atoms with Crippen LogP contribution in [0.3, 0.4) is 0 Å². The van der Waals surface area contributed by atoms with Gasteiger partial charge in [0, 0.05) is 6.42 Å². The predicted octanol–water partition coefficient (Wildman–Crippen LogP) is 8.63. The fraction of sp³-hybridized carbons (Fsp3) is 0.960. The van der Waals surface area contributed by atoms with Gasteiger partial charge in [-0.05, 0) is 30.6 Å². The van der Waals surface area contributed by atoms with Gasteiger partial charge in [0.25, 0.3) is 0 Å². The van der Waals surface area contributed by atoms with E-state index in [1.807, 2.05) is 0 Å². The first-order valence-corrected chi connectivity index (χ1v) is 12.2. The Labute approximate surface area is 170 Å². The van der Waals surface area contributed by atoms with Gasteiger partial charge in [0.15, 0.2) is 0 Å². The van der Waals surface area contributed by atoms with Crippen LogP contribution in [-0.2, 0) is 4.79 Å². The van der Waals surface area contributed by atoms with Gasteiger partial charge in [-0.15, -0.1) is 0 Å². The Balaban J connectivity index is 0.000000621. The van der Waals surface area contributed by atoms with Crippen molar-refractivity contribution in [3.8, 4) is 0 Å². The van der Waals surface area contributed by atoms with Crippen molar-refractivity contribution in [2.24, 2.45) is 17.8 Å². The van der Waals surface area contributed by atoms with Gasteiger partial charge in [-0.3, -0.25) is 4.79 Å². The molecule has 1 aliphatic carbocycles. The molecule has 2 heteroatoms. The monoisotopic (exact) mass is 382 g/mol. The van der Waals surface area contributed by atoms with E-state index < -0.39 is 5.97 Å². The standard InChI is InChI=1S/C16H32O2.C9H18/c1-2-3-4-5-6-7-8-9-10-11-12-13-14-15-16(17)18;1-7-4-5-8(2)9(3)6-7/h2-15H2,1H3,(H,17,18);7-9H,4-6H2,1-3H3. The lowest BCUT2D eigenvalue weighted by Gasteiger charge is -2.29. The van der Waals surface area contributed by atoms with E-state index in [0.717, 1.165) is 30.6 Å². The van der Waals surface area contributed by atoms with Crippen LogP contribution in [0.5, 0.6) is 0 Å². The summed E-state index contributed by atoms with van der Waals surface area (Å²) in [5.74, 6) is 2.31. The first-order chi connectivity index (χ1) is 13.0. The third-order valence-corrected chi connectivity index (χ3v) is 6.35. The van der Waals surface area contributed by atoms with E-state index in [2.05, 4.69) is 27.7 Å². The molecule has 162 valence electrons. The summed E-state index contributed by atoms with van der Waals surface area (Å²) in [6, 6.07) is 0. The number of carboxylic acids is 1. The van der Waals surface area contributed by atoms with Crippen molar-refractivity contribution in [1.82, 2.24) is 0 Å². The second-order valence-corrected chi connectivity index (χ2v) is 9.26. The van der Waals surface area contributed by atoms with Crippen molar-refractivity contribution in [1.29, 1.82) is 0 Å². The first kappa shape index (κ1) is 26.5. The molecular weight excluding hydrogens is 332 g/mol. The summed E-state index contributed by atoms with van der Waals surface area (Å²) < 4.78 is 0. The normalized spacial score (nSPS) is 22.1. The lowest BCUT2D eigenvalue weighted by molar-refractivity contribution is -0.137. The van der Waals surface area contributed by atoms with Crippen molar-refractivity contribution in [2.75, 3.05) is 0 Å². The van der Waals surface area contributed by atoms with Crippen LogP contribution in [0.15, 0.2) is 0 Å². The van der Waals surface area contributed by atoms with Gasteiger partial charge in [-0.25, -0.2) is 0 Å². The van der Waals surface area contributed by atoms with Crippen LogP contribution in [0.1, 0.15) is 137 Å². The molecule has 0 amide bonds. The summed E-state index contributed by atoms with van der Waals surface area (Å²) in [5.41, 5.74) is 0. The zero-order valence-corrected chi connectivity index (χ0v) is 19.1. The molecule has 2 nitrogen and oxygen atoms in total. The van der Waals surface area contributed by atoms with Crippen LogP contribution in [-0.4, -0.2) is 11.1 Å². The summed E-state index contributed by atoms with van der Waals surface area (Å²) in [6.07, 6.45) is 21.7. The summed E-state index contributed by atoms with van der Waals surface area (Å²) in [7, 11) is 0. The van der Waals surface area contributed by atoms with Gasteiger partial charge in [0.05, 0.1) is 0 Å². The van der Waals surface area contributed by atoms with Gasteiger partial charge in [0.2, 0.25) is 0 Å². The Bertz CT molecular complexity index is 326. The van der Waals surface area contributed by atoms with Crippen molar-refractivity contribution in [3.05, 3.63) is 0 Å². The Morgan fingerprint density at radius 2 is 1.15 bits per heavy atom. The van der Waals surface area contributed by atoms with Crippen molar-refractivity contribution in [3.63, 3.8) is 0 Å². The molecule has 0 heterocycles. The number of carbonyl (C=O) groups is 1. The third-order valence-electron chi connectivity index (χ3n) is 6.35. The highest BCUT2D eigenvalue weighted by molar-refractivity contribution is 5.66. The Morgan fingerprint density at radius 1 is 0.704 bits per heavy atom. The lowest BCUT2D eigenvalue weighted by Crippen LogP contribution is -2.18. The van der Waals surface area contributed by atoms with E-state index in [1.54, 1.807) is 0 Å². The molecule has 0 saturated heterocycles. The zero-order chi connectivity index (χ0) is 20.3. The van der Waals surface area contributed by atoms with Crippen molar-refractivity contribution < 1.29 is 9.90 Å². The second kappa shape index (κ2) is 18.8. The molecule has 1 N–H and O–H groups in total. The molecule has 0 aromatic carbocycles. The van der Waals surface area contributed by atoms with Gasteiger partial charge < -0.3 is 5.11 Å². The van der Waals surface area contributed by atoms with Crippen LogP contribution in [0.4, 0.5) is 0 Å². The van der Waals surface area contributed by atoms with Gasteiger partial charge in [0.1, 0.15) is 0 Å². The molecular formula is C25H50O2. The average molecular weight is 383 g/mol. The summed E-state index contributed by atoms with van der Waals surface area (Å²) >= 11 is 0. The number of rotatable bonds is 14. The van der Waals surface area contributed by atoms with Gasteiger partial charge in [-0.2, -0.15) is 0 Å². The number of hydrogen-bond donors (Lipinski definition) is 1. The maximum absolute atomic E-state index is 10.3. The zero-order valence-electron chi connectivity index (χ0n) is 19.1. The van der Waals surface area contributed by atoms with Crippen molar-refractivity contribution >= 4 is 5.97 Å². The molecule has 3 unspecified atom stereocenters. The van der Waals surface area contributed by atoms with E-state index in [9.17, 15) is 4.79 Å². The number of aliphatic carboxylic acids is 1. The number of unbranched alkanes of at least 4 members (excludes halogenated alkanes) is 12. The number of carboxylic acid groups (broad SMARTS) is 1. The van der Waals surface area contributed by atoms with Gasteiger partial charge in [-0.1, -0.05) is 118 Å². The second-order valence-electron chi connectivity index (χ2n) is 9.26. The SMILES string of the molecule is CC1CCC(C)C(C)C1.CCCCCCCCCCCCCCCC(=O)O. The van der Waals surface area contributed by atoms with Crippen LogP contribution in [0.25, 0.3) is 0 Å². The number of hydrogen-bond acceptors (Lipinski definition) is 1. The summed E-state index contributed by atoms with van der Waals surface area (Å²) in [6.45, 7) is 9.41. The quantitative estimate of drug-likeness (QED) is 0.305. The third kappa shape index (κ3) is 18.6. The molecule has 0 bridgehead atoms. The van der Waals surface area contributed by atoms with E-state index in [1.165, 1.54) is 89.9 Å². The topological polar surface area (TPSA) is 37.3 Å². The molecule has 0 aromatic rings. The molecule has 0 spiro atoms.